The van der Waals surface area contributed by atoms with Crippen LogP contribution in [0.25, 0.3) is 11.1 Å². The lowest BCUT2D eigenvalue weighted by atomic mass is 10.1. The molecule has 2 heteroatoms. The van der Waals surface area contributed by atoms with Crippen molar-refractivity contribution in [3.63, 3.8) is 0 Å². The van der Waals surface area contributed by atoms with Crippen molar-refractivity contribution in [2.24, 2.45) is 0 Å². The fraction of sp³-hybridized carbons (Fsp3) is 0.0769. The lowest BCUT2D eigenvalue weighted by Gasteiger charge is -2.03. The van der Waals surface area contributed by atoms with Gasteiger partial charge < -0.3 is 5.73 Å². The number of nitrogen functional groups attached to an aromatic ring is 1. The van der Waals surface area contributed by atoms with Crippen molar-refractivity contribution in [3.8, 4) is 11.1 Å². The van der Waals surface area contributed by atoms with E-state index in [0.29, 0.717) is 10.7 Å². The van der Waals surface area contributed by atoms with Crippen LogP contribution in [-0.2, 0) is 6.42 Å². The van der Waals surface area contributed by atoms with Crippen LogP contribution >= 0.6 is 11.6 Å². The minimum Gasteiger partial charge on any atom is -0.398 e. The second kappa shape index (κ2) is 3.01. The third-order valence-electron chi connectivity index (χ3n) is 2.91. The highest BCUT2D eigenvalue weighted by atomic mass is 35.5. The van der Waals surface area contributed by atoms with E-state index in [1.165, 1.54) is 22.3 Å². The fourth-order valence-electron chi connectivity index (χ4n) is 2.18. The van der Waals surface area contributed by atoms with Crippen LogP contribution in [0.2, 0.25) is 5.02 Å². The molecule has 0 unspecified atom stereocenters. The van der Waals surface area contributed by atoms with Crippen LogP contribution in [0.4, 0.5) is 5.69 Å². The van der Waals surface area contributed by atoms with Crippen LogP contribution in [-0.4, -0.2) is 0 Å². The summed E-state index contributed by atoms with van der Waals surface area (Å²) in [6, 6.07) is 12.4. The number of benzene rings is 2. The summed E-state index contributed by atoms with van der Waals surface area (Å²) in [7, 11) is 0. The minimum absolute atomic E-state index is 0.644. The van der Waals surface area contributed by atoms with Crippen LogP contribution in [0.1, 0.15) is 11.1 Å². The first-order chi connectivity index (χ1) is 7.25. The molecule has 0 bridgehead atoms. The van der Waals surface area contributed by atoms with Crippen molar-refractivity contribution in [1.82, 2.24) is 0 Å². The molecule has 0 saturated heterocycles. The molecule has 0 spiro atoms. The highest BCUT2D eigenvalue weighted by Gasteiger charge is 2.18. The normalized spacial score (nSPS) is 12.3. The van der Waals surface area contributed by atoms with E-state index in [2.05, 4.69) is 24.3 Å². The molecule has 0 saturated carbocycles. The SMILES string of the molecule is Nc1cc2c(cc1Cl)-c1ccccc1C2. The Kier molecular flexibility index (Phi) is 1.77. The monoisotopic (exact) mass is 215 g/mol. The molecule has 15 heavy (non-hydrogen) atoms. The maximum Gasteiger partial charge on any atom is 0.0641 e. The summed E-state index contributed by atoms with van der Waals surface area (Å²) < 4.78 is 0. The molecule has 0 radical (unpaired) electrons. The summed E-state index contributed by atoms with van der Waals surface area (Å²) in [5.41, 5.74) is 11.6. The maximum atomic E-state index is 6.03. The largest absolute Gasteiger partial charge is 0.398 e. The zero-order chi connectivity index (χ0) is 10.4. The van der Waals surface area contributed by atoms with Gasteiger partial charge in [-0.25, -0.2) is 0 Å². The van der Waals surface area contributed by atoms with Crippen LogP contribution < -0.4 is 5.73 Å². The van der Waals surface area contributed by atoms with E-state index < -0.39 is 0 Å². The smallest absolute Gasteiger partial charge is 0.0641 e. The molecule has 0 aliphatic heterocycles. The molecule has 0 amide bonds. The summed E-state index contributed by atoms with van der Waals surface area (Å²) in [6.45, 7) is 0. The lowest BCUT2D eigenvalue weighted by molar-refractivity contribution is 1.26. The average molecular weight is 216 g/mol. The second-order valence-corrected chi connectivity index (χ2v) is 4.27. The van der Waals surface area contributed by atoms with Crippen molar-refractivity contribution in [1.29, 1.82) is 0 Å². The molecule has 2 N–H and O–H groups in total. The van der Waals surface area contributed by atoms with Gasteiger partial charge in [-0.2, -0.15) is 0 Å². The maximum absolute atomic E-state index is 6.03. The van der Waals surface area contributed by atoms with Gasteiger partial charge in [0.05, 0.1) is 10.7 Å². The van der Waals surface area contributed by atoms with Crippen LogP contribution in [0.5, 0.6) is 0 Å². The molecular formula is C13H10ClN. The van der Waals surface area contributed by atoms with E-state index in [-0.39, 0.29) is 0 Å². The van der Waals surface area contributed by atoms with Crippen LogP contribution in [0, 0.1) is 0 Å². The van der Waals surface area contributed by atoms with E-state index in [9.17, 15) is 0 Å². The van der Waals surface area contributed by atoms with Crippen molar-refractivity contribution < 1.29 is 0 Å². The number of fused-ring (bicyclic) bond motifs is 3. The minimum atomic E-state index is 0.644. The predicted octanol–water partition coefficient (Wildman–Crippen LogP) is 3.49. The van der Waals surface area contributed by atoms with Crippen molar-refractivity contribution in [3.05, 3.63) is 52.5 Å². The summed E-state index contributed by atoms with van der Waals surface area (Å²) in [4.78, 5) is 0. The third-order valence-corrected chi connectivity index (χ3v) is 3.24. The summed E-state index contributed by atoms with van der Waals surface area (Å²) in [5, 5.41) is 0.644. The van der Waals surface area contributed by atoms with Gasteiger partial charge in [0.15, 0.2) is 0 Å². The molecule has 0 aromatic heterocycles. The Hall–Kier alpha value is -1.47. The lowest BCUT2D eigenvalue weighted by Crippen LogP contribution is -1.89. The Morgan fingerprint density at radius 3 is 2.67 bits per heavy atom. The molecule has 74 valence electrons. The molecular weight excluding hydrogens is 206 g/mol. The van der Waals surface area contributed by atoms with Gasteiger partial charge in [-0.1, -0.05) is 35.9 Å². The zero-order valence-electron chi connectivity index (χ0n) is 8.13. The van der Waals surface area contributed by atoms with E-state index in [4.69, 9.17) is 17.3 Å². The topological polar surface area (TPSA) is 26.0 Å². The Morgan fingerprint density at radius 2 is 1.80 bits per heavy atom. The first kappa shape index (κ1) is 8.81. The molecule has 2 aromatic carbocycles. The van der Waals surface area contributed by atoms with Crippen molar-refractivity contribution >= 4 is 17.3 Å². The summed E-state index contributed by atoms with van der Waals surface area (Å²) >= 11 is 6.03. The highest BCUT2D eigenvalue weighted by molar-refractivity contribution is 6.33. The number of anilines is 1. The van der Waals surface area contributed by atoms with Gasteiger partial charge in [-0.05, 0) is 40.8 Å². The number of rotatable bonds is 0. The Balaban J connectivity index is 2.29. The van der Waals surface area contributed by atoms with E-state index in [1.807, 2.05) is 12.1 Å². The van der Waals surface area contributed by atoms with Gasteiger partial charge in [0.25, 0.3) is 0 Å². The Bertz CT molecular complexity index is 546. The Morgan fingerprint density at radius 1 is 1.00 bits per heavy atom. The van der Waals surface area contributed by atoms with Crippen LogP contribution in [0.15, 0.2) is 36.4 Å². The van der Waals surface area contributed by atoms with E-state index >= 15 is 0 Å². The standard InChI is InChI=1S/C13H10ClN/c14-12-7-11-9(6-13(12)15)5-8-3-1-2-4-10(8)11/h1-4,6-7H,5,15H2. The van der Waals surface area contributed by atoms with Gasteiger partial charge >= 0.3 is 0 Å². The van der Waals surface area contributed by atoms with Crippen molar-refractivity contribution in [2.45, 2.75) is 6.42 Å². The van der Waals surface area contributed by atoms with Gasteiger partial charge in [0.1, 0.15) is 0 Å². The third kappa shape index (κ3) is 1.24. The molecule has 2 aromatic rings. The first-order valence-corrected chi connectivity index (χ1v) is 5.29. The molecule has 3 rings (SSSR count). The van der Waals surface area contributed by atoms with Gasteiger partial charge in [-0.15, -0.1) is 0 Å². The van der Waals surface area contributed by atoms with Gasteiger partial charge in [0, 0.05) is 0 Å². The first-order valence-electron chi connectivity index (χ1n) is 4.92. The summed E-state index contributed by atoms with van der Waals surface area (Å²) in [6.07, 6.45) is 0.965. The Labute approximate surface area is 93.5 Å². The van der Waals surface area contributed by atoms with E-state index in [1.54, 1.807) is 0 Å². The zero-order valence-corrected chi connectivity index (χ0v) is 8.88. The molecule has 0 heterocycles. The number of hydrogen-bond donors (Lipinski definition) is 1. The van der Waals surface area contributed by atoms with Gasteiger partial charge in [-0.3, -0.25) is 0 Å². The summed E-state index contributed by atoms with van der Waals surface area (Å²) in [5.74, 6) is 0. The number of halogens is 1. The quantitative estimate of drug-likeness (QED) is 0.571. The van der Waals surface area contributed by atoms with Crippen molar-refractivity contribution in [2.75, 3.05) is 5.73 Å². The average Bonchev–Trinajstić information content (AvgIpc) is 2.57. The second-order valence-electron chi connectivity index (χ2n) is 3.86. The van der Waals surface area contributed by atoms with E-state index in [0.717, 1.165) is 6.42 Å². The predicted molar refractivity (Wildman–Crippen MR) is 64.1 cm³/mol. The number of nitrogens with two attached hydrogens (primary N) is 1. The number of hydrogen-bond acceptors (Lipinski definition) is 1. The van der Waals surface area contributed by atoms with Gasteiger partial charge in [0.2, 0.25) is 0 Å². The molecule has 1 nitrogen and oxygen atoms in total. The molecule has 1 aliphatic carbocycles. The molecule has 0 atom stereocenters. The fourth-order valence-corrected chi connectivity index (χ4v) is 2.34. The molecule has 0 fully saturated rings. The highest BCUT2D eigenvalue weighted by Crippen LogP contribution is 2.39. The van der Waals surface area contributed by atoms with Crippen LogP contribution in [0.3, 0.4) is 0 Å². The molecule has 1 aliphatic rings.